The van der Waals surface area contributed by atoms with Crippen LogP contribution in [0.2, 0.25) is 0 Å². The fraction of sp³-hybridized carbons (Fsp3) is 0.542. The Kier molecular flexibility index (Phi) is 8.00. The number of allylic oxidation sites excluding steroid dienone is 1. The third kappa shape index (κ3) is 5.77. The highest BCUT2D eigenvalue weighted by atomic mass is 16.5. The molecule has 9 heteroatoms. The fourth-order valence-corrected chi connectivity index (χ4v) is 3.32. The van der Waals surface area contributed by atoms with Crippen molar-refractivity contribution in [2.45, 2.75) is 60.6 Å². The maximum absolute atomic E-state index is 13.4. The lowest BCUT2D eigenvalue weighted by atomic mass is 9.89. The molecule has 2 amide bonds. The van der Waals surface area contributed by atoms with E-state index >= 15 is 0 Å². The normalized spacial score (nSPS) is 17.4. The van der Waals surface area contributed by atoms with Crippen LogP contribution in [0.15, 0.2) is 23.4 Å². The Hall–Kier alpha value is -3.23. The highest BCUT2D eigenvalue weighted by Gasteiger charge is 2.39. The van der Waals surface area contributed by atoms with E-state index in [0.29, 0.717) is 11.1 Å². The molecule has 2 unspecified atom stereocenters. The van der Waals surface area contributed by atoms with E-state index in [1.165, 1.54) is 7.11 Å². The van der Waals surface area contributed by atoms with Gasteiger partial charge in [0.15, 0.2) is 11.5 Å². The second-order valence-corrected chi connectivity index (χ2v) is 9.07. The molecular formula is C24H34N2O7. The largest absolute Gasteiger partial charge is 0.504 e. The Labute approximate surface area is 194 Å². The van der Waals surface area contributed by atoms with Crippen molar-refractivity contribution in [2.24, 2.45) is 5.41 Å². The Morgan fingerprint density at radius 3 is 2.42 bits per heavy atom. The second kappa shape index (κ2) is 10.1. The van der Waals surface area contributed by atoms with Crippen molar-refractivity contribution >= 4 is 18.0 Å². The molecule has 2 N–H and O–H groups in total. The van der Waals surface area contributed by atoms with Gasteiger partial charge in [0.2, 0.25) is 0 Å². The number of esters is 2. The SMILES string of the molecule is CCOC(=O)CN1C(=O)NC(c2cc(C)c(O)c(OC)c2)C(C(=O)OC(C)C(C)(C)C)=C1C. The minimum atomic E-state index is -0.871. The van der Waals surface area contributed by atoms with Gasteiger partial charge in [-0.3, -0.25) is 9.69 Å². The summed E-state index contributed by atoms with van der Waals surface area (Å²) in [5.41, 5.74) is 1.21. The van der Waals surface area contributed by atoms with E-state index in [1.807, 2.05) is 20.8 Å². The summed E-state index contributed by atoms with van der Waals surface area (Å²) in [5.74, 6) is -1.03. The van der Waals surface area contributed by atoms with Crippen molar-refractivity contribution in [3.63, 3.8) is 0 Å². The van der Waals surface area contributed by atoms with Crippen LogP contribution in [0.3, 0.4) is 0 Å². The number of hydrogen-bond donors (Lipinski definition) is 2. The van der Waals surface area contributed by atoms with Gasteiger partial charge in [-0.15, -0.1) is 0 Å². The number of methoxy groups -OCH3 is 1. The van der Waals surface area contributed by atoms with Crippen LogP contribution < -0.4 is 10.1 Å². The number of carbonyl (C=O) groups excluding carboxylic acids is 3. The van der Waals surface area contributed by atoms with Gasteiger partial charge in [-0.05, 0) is 56.4 Å². The molecule has 0 radical (unpaired) electrons. The highest BCUT2D eigenvalue weighted by molar-refractivity contribution is 5.96. The first kappa shape index (κ1) is 26.0. The standard InChI is InChI=1S/C24H34N2O7/c1-9-32-18(27)12-26-14(3)19(22(29)33-15(4)24(5,6)7)20(25-23(26)30)16-10-13(2)21(28)17(11-16)31-8/h10-11,15,20,28H,9,12H2,1-8H3,(H,25,30). The highest BCUT2D eigenvalue weighted by Crippen LogP contribution is 2.38. The number of benzene rings is 1. The number of aromatic hydroxyl groups is 1. The molecular weight excluding hydrogens is 428 g/mol. The van der Waals surface area contributed by atoms with Crippen LogP contribution in [0.4, 0.5) is 4.79 Å². The first-order chi connectivity index (χ1) is 15.3. The summed E-state index contributed by atoms with van der Waals surface area (Å²) in [6, 6.07) is 1.79. The summed E-state index contributed by atoms with van der Waals surface area (Å²) < 4.78 is 16.0. The number of nitrogens with zero attached hydrogens (tertiary/aromatic N) is 1. The molecule has 0 fully saturated rings. The van der Waals surface area contributed by atoms with Gasteiger partial charge < -0.3 is 24.6 Å². The zero-order chi connectivity index (χ0) is 25.1. The molecule has 1 aromatic rings. The molecule has 0 saturated carbocycles. The van der Waals surface area contributed by atoms with Crippen LogP contribution in [-0.2, 0) is 19.1 Å². The number of ether oxygens (including phenoxy) is 3. The van der Waals surface area contributed by atoms with Crippen molar-refractivity contribution in [1.29, 1.82) is 0 Å². The predicted molar refractivity (Wildman–Crippen MR) is 122 cm³/mol. The van der Waals surface area contributed by atoms with Crippen LogP contribution in [0.1, 0.15) is 58.7 Å². The smallest absolute Gasteiger partial charge is 0.338 e. The van der Waals surface area contributed by atoms with Crippen LogP contribution in [-0.4, -0.2) is 54.3 Å². The number of nitrogens with one attached hydrogen (secondary N) is 1. The third-order valence-corrected chi connectivity index (χ3v) is 5.75. The van der Waals surface area contributed by atoms with Gasteiger partial charge in [-0.2, -0.15) is 0 Å². The topological polar surface area (TPSA) is 114 Å². The quantitative estimate of drug-likeness (QED) is 0.595. The molecule has 2 rings (SSSR count). The van der Waals surface area contributed by atoms with E-state index in [1.54, 1.807) is 39.8 Å². The van der Waals surface area contributed by atoms with E-state index in [4.69, 9.17) is 14.2 Å². The monoisotopic (exact) mass is 462 g/mol. The molecule has 0 aromatic heterocycles. The summed E-state index contributed by atoms with van der Waals surface area (Å²) in [4.78, 5) is 39.5. The predicted octanol–water partition coefficient (Wildman–Crippen LogP) is 3.59. The molecule has 1 aromatic carbocycles. The zero-order valence-corrected chi connectivity index (χ0v) is 20.6. The van der Waals surface area contributed by atoms with Gasteiger partial charge in [-0.1, -0.05) is 20.8 Å². The first-order valence-electron chi connectivity index (χ1n) is 10.8. The van der Waals surface area contributed by atoms with Crippen LogP contribution in [0.5, 0.6) is 11.5 Å². The summed E-state index contributed by atoms with van der Waals surface area (Å²) in [5, 5.41) is 13.0. The number of rotatable bonds is 7. The lowest BCUT2D eigenvalue weighted by molar-refractivity contribution is -0.149. The zero-order valence-electron chi connectivity index (χ0n) is 20.6. The average molecular weight is 463 g/mol. The maximum atomic E-state index is 13.4. The Morgan fingerprint density at radius 2 is 1.88 bits per heavy atom. The van der Waals surface area contributed by atoms with E-state index < -0.39 is 30.1 Å². The molecule has 0 aliphatic carbocycles. The van der Waals surface area contributed by atoms with Gasteiger partial charge in [0, 0.05) is 5.70 Å². The molecule has 182 valence electrons. The van der Waals surface area contributed by atoms with E-state index in [-0.39, 0.29) is 41.3 Å². The molecule has 0 saturated heterocycles. The molecule has 0 spiro atoms. The number of carbonyl (C=O) groups is 3. The van der Waals surface area contributed by atoms with E-state index in [2.05, 4.69) is 5.32 Å². The van der Waals surface area contributed by atoms with Gasteiger partial charge in [0.1, 0.15) is 12.6 Å². The van der Waals surface area contributed by atoms with Crippen molar-refractivity contribution in [3.8, 4) is 11.5 Å². The van der Waals surface area contributed by atoms with Crippen molar-refractivity contribution in [2.75, 3.05) is 20.3 Å². The van der Waals surface area contributed by atoms with Gasteiger partial charge in [0.25, 0.3) is 0 Å². The molecule has 0 bridgehead atoms. The fourth-order valence-electron chi connectivity index (χ4n) is 3.32. The third-order valence-electron chi connectivity index (χ3n) is 5.75. The molecule has 1 heterocycles. The molecule has 1 aliphatic rings. The Balaban J connectivity index is 2.60. The van der Waals surface area contributed by atoms with Crippen LogP contribution in [0.25, 0.3) is 0 Å². The van der Waals surface area contributed by atoms with Gasteiger partial charge >= 0.3 is 18.0 Å². The number of hydrogen-bond acceptors (Lipinski definition) is 7. The summed E-state index contributed by atoms with van der Waals surface area (Å²) in [7, 11) is 1.42. The molecule has 2 atom stereocenters. The average Bonchev–Trinajstić information content (AvgIpc) is 2.71. The number of urea groups is 1. The number of aryl methyl sites for hydroxylation is 1. The molecule has 1 aliphatic heterocycles. The Bertz CT molecular complexity index is 962. The van der Waals surface area contributed by atoms with Crippen molar-refractivity contribution < 1.29 is 33.7 Å². The summed E-state index contributed by atoms with van der Waals surface area (Å²) >= 11 is 0. The Morgan fingerprint density at radius 1 is 1.24 bits per heavy atom. The maximum Gasteiger partial charge on any atom is 0.338 e. The van der Waals surface area contributed by atoms with Crippen molar-refractivity contribution in [1.82, 2.24) is 10.2 Å². The van der Waals surface area contributed by atoms with Crippen LogP contribution >= 0.6 is 0 Å². The van der Waals surface area contributed by atoms with Crippen molar-refractivity contribution in [3.05, 3.63) is 34.5 Å². The summed E-state index contributed by atoms with van der Waals surface area (Å²) in [6.45, 7) is 12.4. The lowest BCUT2D eigenvalue weighted by Gasteiger charge is -2.36. The minimum absolute atomic E-state index is 0.0292. The van der Waals surface area contributed by atoms with E-state index in [0.717, 1.165) is 4.90 Å². The molecule has 33 heavy (non-hydrogen) atoms. The van der Waals surface area contributed by atoms with Crippen LogP contribution in [0, 0.1) is 12.3 Å². The van der Waals surface area contributed by atoms with Gasteiger partial charge in [-0.25, -0.2) is 9.59 Å². The van der Waals surface area contributed by atoms with E-state index in [9.17, 15) is 19.5 Å². The number of phenolic OH excluding ortho intramolecular Hbond substituents is 1. The second-order valence-electron chi connectivity index (χ2n) is 9.07. The minimum Gasteiger partial charge on any atom is -0.504 e. The first-order valence-corrected chi connectivity index (χ1v) is 10.8. The lowest BCUT2D eigenvalue weighted by Crippen LogP contribution is -2.50. The summed E-state index contributed by atoms with van der Waals surface area (Å²) in [6.07, 6.45) is -0.418. The number of phenols is 1. The number of amides is 2. The van der Waals surface area contributed by atoms with Gasteiger partial charge in [0.05, 0.1) is 25.3 Å². The molecule has 9 nitrogen and oxygen atoms in total.